The number of aromatic carboxylic acids is 1. The van der Waals surface area contributed by atoms with Gasteiger partial charge in [0.05, 0.1) is 18.8 Å². The third-order valence-corrected chi connectivity index (χ3v) is 2.45. The van der Waals surface area contributed by atoms with Crippen molar-refractivity contribution in [2.45, 2.75) is 25.3 Å². The molecule has 1 aromatic heterocycles. The molecule has 1 saturated carbocycles. The minimum Gasteiger partial charge on any atom is -0.476 e. The number of hydrogen-bond donors (Lipinski definition) is 1. The van der Waals surface area contributed by atoms with Crippen molar-refractivity contribution >= 4 is 5.97 Å². The van der Waals surface area contributed by atoms with Crippen molar-refractivity contribution in [2.24, 2.45) is 0 Å². The van der Waals surface area contributed by atoms with Crippen LogP contribution in [-0.4, -0.2) is 39.8 Å². The van der Waals surface area contributed by atoms with E-state index in [1.807, 2.05) is 0 Å². The number of rotatable bonds is 5. The van der Waals surface area contributed by atoms with Crippen LogP contribution in [0.4, 0.5) is 0 Å². The quantitative estimate of drug-likeness (QED) is 0.767. The molecule has 1 heterocycles. The number of carboxylic acids is 1. The summed E-state index contributed by atoms with van der Waals surface area (Å²) in [5.74, 6) is -0.677. The van der Waals surface area contributed by atoms with E-state index < -0.39 is 5.97 Å². The van der Waals surface area contributed by atoms with Crippen molar-refractivity contribution in [1.29, 1.82) is 0 Å². The van der Waals surface area contributed by atoms with Gasteiger partial charge < -0.3 is 9.84 Å². The molecule has 1 aromatic rings. The van der Waals surface area contributed by atoms with E-state index in [0.717, 1.165) is 18.5 Å². The molecule has 15 heavy (non-hydrogen) atoms. The Labute approximate surface area is 86.8 Å². The first-order valence-corrected chi connectivity index (χ1v) is 4.89. The predicted molar refractivity (Wildman–Crippen MR) is 50.8 cm³/mol. The van der Waals surface area contributed by atoms with Gasteiger partial charge in [-0.15, -0.1) is 5.10 Å². The third-order valence-electron chi connectivity index (χ3n) is 2.45. The molecule has 1 fully saturated rings. The lowest BCUT2D eigenvalue weighted by atomic mass is 10.2. The zero-order valence-electron chi connectivity index (χ0n) is 8.51. The van der Waals surface area contributed by atoms with E-state index in [4.69, 9.17) is 9.84 Å². The molecule has 6 heteroatoms. The SMILES string of the molecule is COCCn1nnc(C(=O)O)c1C1CC1. The second kappa shape index (κ2) is 3.98. The van der Waals surface area contributed by atoms with Crippen molar-refractivity contribution in [3.63, 3.8) is 0 Å². The van der Waals surface area contributed by atoms with Crippen LogP contribution < -0.4 is 0 Å². The van der Waals surface area contributed by atoms with Gasteiger partial charge in [0.1, 0.15) is 0 Å². The van der Waals surface area contributed by atoms with E-state index in [9.17, 15) is 4.79 Å². The van der Waals surface area contributed by atoms with Crippen LogP contribution in [-0.2, 0) is 11.3 Å². The number of aromatic nitrogens is 3. The van der Waals surface area contributed by atoms with Gasteiger partial charge in [-0.3, -0.25) is 0 Å². The van der Waals surface area contributed by atoms with Gasteiger partial charge in [0, 0.05) is 13.0 Å². The molecular weight excluding hydrogens is 198 g/mol. The zero-order chi connectivity index (χ0) is 10.8. The summed E-state index contributed by atoms with van der Waals surface area (Å²) >= 11 is 0. The first-order valence-electron chi connectivity index (χ1n) is 4.89. The first kappa shape index (κ1) is 10.1. The van der Waals surface area contributed by atoms with Crippen LogP contribution in [0.3, 0.4) is 0 Å². The smallest absolute Gasteiger partial charge is 0.358 e. The molecule has 0 bridgehead atoms. The minimum atomic E-state index is -0.999. The highest BCUT2D eigenvalue weighted by Crippen LogP contribution is 2.41. The topological polar surface area (TPSA) is 77.2 Å². The lowest BCUT2D eigenvalue weighted by Gasteiger charge is -2.04. The zero-order valence-corrected chi connectivity index (χ0v) is 8.51. The van der Waals surface area contributed by atoms with Crippen molar-refractivity contribution < 1.29 is 14.6 Å². The predicted octanol–water partition coefficient (Wildman–Crippen LogP) is 0.500. The molecule has 0 radical (unpaired) electrons. The fourth-order valence-corrected chi connectivity index (χ4v) is 1.58. The van der Waals surface area contributed by atoms with E-state index >= 15 is 0 Å². The monoisotopic (exact) mass is 211 g/mol. The second-order valence-corrected chi connectivity index (χ2v) is 3.62. The van der Waals surface area contributed by atoms with Crippen LogP contribution in [0.5, 0.6) is 0 Å². The van der Waals surface area contributed by atoms with Gasteiger partial charge in [0.25, 0.3) is 0 Å². The summed E-state index contributed by atoms with van der Waals surface area (Å²) in [6, 6.07) is 0. The first-order chi connectivity index (χ1) is 7.24. The highest BCUT2D eigenvalue weighted by atomic mass is 16.5. The molecule has 1 N–H and O–H groups in total. The van der Waals surface area contributed by atoms with E-state index in [1.165, 1.54) is 0 Å². The largest absolute Gasteiger partial charge is 0.476 e. The van der Waals surface area contributed by atoms with E-state index in [1.54, 1.807) is 11.8 Å². The Morgan fingerprint density at radius 3 is 2.93 bits per heavy atom. The van der Waals surface area contributed by atoms with Crippen molar-refractivity contribution in [2.75, 3.05) is 13.7 Å². The number of methoxy groups -OCH3 is 1. The molecule has 2 rings (SSSR count). The second-order valence-electron chi connectivity index (χ2n) is 3.62. The van der Waals surface area contributed by atoms with Crippen LogP contribution in [0.25, 0.3) is 0 Å². The average molecular weight is 211 g/mol. The van der Waals surface area contributed by atoms with Crippen molar-refractivity contribution in [1.82, 2.24) is 15.0 Å². The molecule has 6 nitrogen and oxygen atoms in total. The number of carbonyl (C=O) groups is 1. The molecule has 0 aromatic carbocycles. The summed E-state index contributed by atoms with van der Waals surface area (Å²) in [4.78, 5) is 10.9. The Balaban J connectivity index is 2.25. The number of carboxylic acid groups (broad SMARTS) is 1. The Bertz CT molecular complexity index is 371. The Kier molecular flexibility index (Phi) is 2.68. The molecule has 1 aliphatic rings. The van der Waals surface area contributed by atoms with E-state index in [0.29, 0.717) is 19.1 Å². The molecule has 82 valence electrons. The lowest BCUT2D eigenvalue weighted by Crippen LogP contribution is -2.10. The van der Waals surface area contributed by atoms with Gasteiger partial charge in [-0.1, -0.05) is 5.21 Å². The van der Waals surface area contributed by atoms with Gasteiger partial charge in [0.2, 0.25) is 0 Å². The highest BCUT2D eigenvalue weighted by Gasteiger charge is 2.33. The van der Waals surface area contributed by atoms with E-state index in [2.05, 4.69) is 10.3 Å². The maximum atomic E-state index is 10.9. The van der Waals surface area contributed by atoms with Crippen LogP contribution >= 0.6 is 0 Å². The van der Waals surface area contributed by atoms with Gasteiger partial charge in [-0.05, 0) is 12.8 Å². The normalized spacial score (nSPS) is 15.5. The summed E-state index contributed by atoms with van der Waals surface area (Å²) in [5.41, 5.74) is 0.841. The Morgan fingerprint density at radius 1 is 1.67 bits per heavy atom. The van der Waals surface area contributed by atoms with Crippen LogP contribution in [0.2, 0.25) is 0 Å². The lowest BCUT2D eigenvalue weighted by molar-refractivity contribution is 0.0689. The molecule has 1 aliphatic carbocycles. The van der Waals surface area contributed by atoms with Crippen molar-refractivity contribution in [3.8, 4) is 0 Å². The fourth-order valence-electron chi connectivity index (χ4n) is 1.58. The molecule has 0 amide bonds. The average Bonchev–Trinajstić information content (AvgIpc) is 2.95. The molecule has 0 saturated heterocycles. The van der Waals surface area contributed by atoms with Crippen LogP contribution in [0.1, 0.15) is 34.9 Å². The molecule has 0 atom stereocenters. The summed E-state index contributed by atoms with van der Waals surface area (Å²) in [7, 11) is 1.60. The Hall–Kier alpha value is -1.43. The highest BCUT2D eigenvalue weighted by molar-refractivity contribution is 5.86. The summed E-state index contributed by atoms with van der Waals surface area (Å²) in [5, 5.41) is 16.5. The number of hydrogen-bond acceptors (Lipinski definition) is 4. The standard InChI is InChI=1S/C9H13N3O3/c1-15-5-4-12-8(6-2-3-6)7(9(13)14)10-11-12/h6H,2-5H2,1H3,(H,13,14). The summed E-state index contributed by atoms with van der Waals surface area (Å²) in [6.07, 6.45) is 2.06. The van der Waals surface area contributed by atoms with Crippen molar-refractivity contribution in [3.05, 3.63) is 11.4 Å². The summed E-state index contributed by atoms with van der Waals surface area (Å²) in [6.45, 7) is 1.07. The van der Waals surface area contributed by atoms with Gasteiger partial charge in [-0.2, -0.15) is 0 Å². The van der Waals surface area contributed by atoms with Gasteiger partial charge in [0.15, 0.2) is 5.69 Å². The molecule has 0 spiro atoms. The molecular formula is C9H13N3O3. The van der Waals surface area contributed by atoms with Crippen LogP contribution in [0.15, 0.2) is 0 Å². The third kappa shape index (κ3) is 1.99. The van der Waals surface area contributed by atoms with Gasteiger partial charge in [-0.25, -0.2) is 9.48 Å². The van der Waals surface area contributed by atoms with Gasteiger partial charge >= 0.3 is 5.97 Å². The molecule has 0 unspecified atom stereocenters. The van der Waals surface area contributed by atoms with Crippen LogP contribution in [0, 0.1) is 0 Å². The number of ether oxygens (including phenoxy) is 1. The Morgan fingerprint density at radius 2 is 2.40 bits per heavy atom. The maximum Gasteiger partial charge on any atom is 0.358 e. The maximum absolute atomic E-state index is 10.9. The fraction of sp³-hybridized carbons (Fsp3) is 0.667. The number of nitrogens with zero attached hydrogens (tertiary/aromatic N) is 3. The van der Waals surface area contributed by atoms with E-state index in [-0.39, 0.29) is 5.69 Å². The minimum absolute atomic E-state index is 0.0913. The summed E-state index contributed by atoms with van der Waals surface area (Å²) < 4.78 is 6.58. The molecule has 0 aliphatic heterocycles.